The summed E-state index contributed by atoms with van der Waals surface area (Å²) in [6, 6.07) is 16.8. The summed E-state index contributed by atoms with van der Waals surface area (Å²) in [5.41, 5.74) is 6.89. The molecule has 3 rings (SSSR count). The first kappa shape index (κ1) is 26.6. The van der Waals surface area contributed by atoms with Crippen LogP contribution in [-0.2, 0) is 25.5 Å². The van der Waals surface area contributed by atoms with Gasteiger partial charge < -0.3 is 25.4 Å². The number of amides is 2. The first-order valence-electron chi connectivity index (χ1n) is 11.5. The number of nitrogens with zero attached hydrogens (tertiary/aromatic N) is 1. The number of para-hydroxylation sites is 1. The number of esters is 1. The summed E-state index contributed by atoms with van der Waals surface area (Å²) >= 11 is 1.47. The highest BCUT2D eigenvalue weighted by atomic mass is 32.2. The summed E-state index contributed by atoms with van der Waals surface area (Å²) in [5, 5.41) is 2.93. The molecule has 0 bridgehead atoms. The lowest BCUT2D eigenvalue weighted by Crippen LogP contribution is -2.57. The molecule has 3 atom stereocenters. The molecule has 1 aliphatic rings. The average Bonchev–Trinajstić information content (AvgIpc) is 3.31. The third-order valence-corrected chi connectivity index (χ3v) is 6.28. The zero-order chi connectivity index (χ0) is 25.4. The maximum Gasteiger partial charge on any atom is 0.345 e. The van der Waals surface area contributed by atoms with E-state index in [0.29, 0.717) is 23.8 Å². The highest BCUT2D eigenvalue weighted by Crippen LogP contribution is 2.24. The molecule has 2 amide bonds. The fourth-order valence-electron chi connectivity index (χ4n) is 3.64. The van der Waals surface area contributed by atoms with E-state index in [4.69, 9.17) is 15.2 Å². The zero-order valence-electron chi connectivity index (χ0n) is 20.3. The lowest BCUT2D eigenvalue weighted by atomic mass is 10.0. The second-order valence-corrected chi connectivity index (χ2v) is 10.4. The van der Waals surface area contributed by atoms with E-state index in [-0.39, 0.29) is 12.5 Å². The fraction of sp³-hybridized carbons (Fsp3) is 0.423. The highest BCUT2D eigenvalue weighted by molar-refractivity contribution is 7.99. The van der Waals surface area contributed by atoms with Crippen molar-refractivity contribution >= 4 is 29.5 Å². The van der Waals surface area contributed by atoms with Crippen LogP contribution in [0, 0.1) is 0 Å². The van der Waals surface area contributed by atoms with Crippen LogP contribution in [0.4, 0.5) is 0 Å². The Hall–Kier alpha value is -3.04. The molecule has 0 radical (unpaired) electrons. The summed E-state index contributed by atoms with van der Waals surface area (Å²) in [7, 11) is 0. The van der Waals surface area contributed by atoms with Crippen molar-refractivity contribution in [1.82, 2.24) is 10.2 Å². The third-order valence-electron chi connectivity index (χ3n) is 5.27. The molecule has 0 aromatic heterocycles. The van der Waals surface area contributed by atoms with Gasteiger partial charge in [-0.15, -0.1) is 11.8 Å². The number of rotatable bonds is 9. The lowest BCUT2D eigenvalue weighted by Gasteiger charge is -2.31. The highest BCUT2D eigenvalue weighted by Gasteiger charge is 2.42. The van der Waals surface area contributed by atoms with E-state index in [1.54, 1.807) is 24.3 Å². The van der Waals surface area contributed by atoms with E-state index in [1.165, 1.54) is 16.7 Å². The van der Waals surface area contributed by atoms with E-state index in [9.17, 15) is 14.4 Å². The van der Waals surface area contributed by atoms with Gasteiger partial charge >= 0.3 is 5.97 Å². The molecule has 0 aliphatic carbocycles. The summed E-state index contributed by atoms with van der Waals surface area (Å²) in [4.78, 5) is 40.6. The smallest absolute Gasteiger partial charge is 0.345 e. The number of thioether (sulfide) groups is 1. The van der Waals surface area contributed by atoms with Crippen LogP contribution in [0.15, 0.2) is 60.7 Å². The third kappa shape index (κ3) is 8.00. The molecule has 8 nitrogen and oxygen atoms in total. The van der Waals surface area contributed by atoms with Crippen LogP contribution < -0.4 is 15.8 Å². The summed E-state index contributed by atoms with van der Waals surface area (Å²) < 4.78 is 11.1. The molecule has 1 fully saturated rings. The predicted molar refractivity (Wildman–Crippen MR) is 136 cm³/mol. The van der Waals surface area contributed by atoms with E-state index in [1.807, 2.05) is 57.2 Å². The van der Waals surface area contributed by atoms with E-state index < -0.39 is 35.6 Å². The van der Waals surface area contributed by atoms with Gasteiger partial charge in [0.1, 0.15) is 11.8 Å². The molecule has 0 saturated carbocycles. The predicted octanol–water partition coefficient (Wildman–Crippen LogP) is 2.36. The first-order valence-corrected chi connectivity index (χ1v) is 12.7. The number of hydrogen-bond acceptors (Lipinski definition) is 7. The summed E-state index contributed by atoms with van der Waals surface area (Å²) in [5.74, 6) is -0.160. The zero-order valence-corrected chi connectivity index (χ0v) is 21.1. The second kappa shape index (κ2) is 12.1. The standard InChI is InChI=1S/C26H33N3O5S/c1-26(2,3)28-24(31)21-16-35-17-29(21)25(32)23(20(27)14-18-10-6-4-7-11-18)34-22(30)15-33-19-12-8-5-9-13-19/h4-13,20-21,23H,14-17,27H2,1-3H3,(H,28,31)/t20-,21-,23-/m0/s1. The summed E-state index contributed by atoms with van der Waals surface area (Å²) in [6.07, 6.45) is -0.935. The van der Waals surface area contributed by atoms with Crippen molar-refractivity contribution in [1.29, 1.82) is 0 Å². The second-order valence-electron chi connectivity index (χ2n) is 9.43. The molecule has 3 N–H and O–H groups in total. The van der Waals surface area contributed by atoms with Crippen LogP contribution in [0.3, 0.4) is 0 Å². The van der Waals surface area contributed by atoms with Gasteiger partial charge in [0.05, 0.1) is 11.9 Å². The maximum absolute atomic E-state index is 13.6. The van der Waals surface area contributed by atoms with Crippen molar-refractivity contribution in [2.24, 2.45) is 5.73 Å². The van der Waals surface area contributed by atoms with Crippen LogP contribution in [0.1, 0.15) is 26.3 Å². The van der Waals surface area contributed by atoms with E-state index >= 15 is 0 Å². The Balaban J connectivity index is 1.74. The number of carbonyl (C=O) groups excluding carboxylic acids is 3. The van der Waals surface area contributed by atoms with Gasteiger partial charge in [-0.25, -0.2) is 4.79 Å². The van der Waals surface area contributed by atoms with E-state index in [2.05, 4.69) is 5.32 Å². The van der Waals surface area contributed by atoms with Crippen LogP contribution >= 0.6 is 11.8 Å². The van der Waals surface area contributed by atoms with Crippen molar-refractivity contribution in [2.75, 3.05) is 18.2 Å². The number of carbonyl (C=O) groups is 3. The number of nitrogens with one attached hydrogen (secondary N) is 1. The van der Waals surface area contributed by atoms with Crippen molar-refractivity contribution < 1.29 is 23.9 Å². The molecule has 1 heterocycles. The van der Waals surface area contributed by atoms with Gasteiger partial charge in [0.25, 0.3) is 5.91 Å². The molecule has 0 unspecified atom stereocenters. The van der Waals surface area contributed by atoms with Gasteiger partial charge in [-0.05, 0) is 44.9 Å². The molecule has 1 saturated heterocycles. The average molecular weight is 500 g/mol. The number of ether oxygens (including phenoxy) is 2. The van der Waals surface area contributed by atoms with Crippen LogP contribution in [0.25, 0.3) is 0 Å². The normalized spacial score (nSPS) is 17.4. The van der Waals surface area contributed by atoms with Gasteiger partial charge in [-0.2, -0.15) is 0 Å². The Bertz CT molecular complexity index is 997. The molecule has 188 valence electrons. The molecular weight excluding hydrogens is 466 g/mol. The van der Waals surface area contributed by atoms with Crippen LogP contribution in [0.2, 0.25) is 0 Å². The Morgan fingerprint density at radius 2 is 1.71 bits per heavy atom. The van der Waals surface area contributed by atoms with Gasteiger partial charge in [0.15, 0.2) is 12.7 Å². The SMILES string of the molecule is CC(C)(C)NC(=O)[C@@H]1CSCN1C(=O)[C@@H](OC(=O)COc1ccccc1)[C@@H](N)Cc1ccccc1. The quantitative estimate of drug-likeness (QED) is 0.510. The van der Waals surface area contributed by atoms with Gasteiger partial charge in [-0.3, -0.25) is 9.59 Å². The number of nitrogens with two attached hydrogens (primary N) is 1. The van der Waals surface area contributed by atoms with Crippen molar-refractivity contribution in [3.8, 4) is 5.75 Å². The van der Waals surface area contributed by atoms with Crippen molar-refractivity contribution in [3.63, 3.8) is 0 Å². The Morgan fingerprint density at radius 1 is 1.09 bits per heavy atom. The van der Waals surface area contributed by atoms with Crippen LogP contribution in [0.5, 0.6) is 5.75 Å². The molecular formula is C26H33N3O5S. The topological polar surface area (TPSA) is 111 Å². The van der Waals surface area contributed by atoms with Crippen molar-refractivity contribution in [2.45, 2.75) is 50.9 Å². The minimum atomic E-state index is -1.26. The molecule has 35 heavy (non-hydrogen) atoms. The molecule has 2 aromatic rings. The lowest BCUT2D eigenvalue weighted by molar-refractivity contribution is -0.164. The molecule has 0 spiro atoms. The minimum Gasteiger partial charge on any atom is -0.482 e. The van der Waals surface area contributed by atoms with Crippen molar-refractivity contribution in [3.05, 3.63) is 66.2 Å². The Labute approximate surface area is 210 Å². The number of benzene rings is 2. The Kier molecular flexibility index (Phi) is 9.17. The van der Waals surface area contributed by atoms with Gasteiger partial charge in [0.2, 0.25) is 5.91 Å². The first-order chi connectivity index (χ1) is 16.6. The minimum absolute atomic E-state index is 0.245. The van der Waals surface area contributed by atoms with Gasteiger partial charge in [-0.1, -0.05) is 48.5 Å². The van der Waals surface area contributed by atoms with Crippen LogP contribution in [-0.4, -0.2) is 64.6 Å². The van der Waals surface area contributed by atoms with Gasteiger partial charge in [0, 0.05) is 11.3 Å². The number of hydrogen-bond donors (Lipinski definition) is 2. The molecule has 9 heteroatoms. The summed E-state index contributed by atoms with van der Waals surface area (Å²) in [6.45, 7) is 5.28. The molecule has 1 aliphatic heterocycles. The monoisotopic (exact) mass is 499 g/mol. The Morgan fingerprint density at radius 3 is 2.34 bits per heavy atom. The largest absolute Gasteiger partial charge is 0.482 e. The van der Waals surface area contributed by atoms with E-state index in [0.717, 1.165) is 5.56 Å². The fourth-order valence-corrected chi connectivity index (χ4v) is 4.81. The maximum atomic E-state index is 13.6. The molecule has 2 aromatic carbocycles.